The molecule has 0 unspecified atom stereocenters. The van der Waals surface area contributed by atoms with Crippen molar-refractivity contribution >= 4 is 35.0 Å². The molecule has 0 fully saturated rings. The van der Waals surface area contributed by atoms with Crippen molar-refractivity contribution in [3.8, 4) is 11.4 Å². The molecule has 0 saturated heterocycles. The third kappa shape index (κ3) is 5.99. The number of nitrogens with zero attached hydrogens (tertiary/aromatic N) is 3. The Balaban J connectivity index is 1.74. The smallest absolute Gasteiger partial charge is 0.383 e. The second-order valence-corrected chi connectivity index (χ2v) is 7.72. The quantitative estimate of drug-likeness (QED) is 0.469. The Hall–Kier alpha value is -2.56. The van der Waals surface area contributed by atoms with Gasteiger partial charge in [-0.1, -0.05) is 35.5 Å². The maximum absolute atomic E-state index is 13.1. The van der Waals surface area contributed by atoms with E-state index < -0.39 is 17.6 Å². The van der Waals surface area contributed by atoms with Gasteiger partial charge in [-0.25, -0.2) is 0 Å². The average Bonchev–Trinajstić information content (AvgIpc) is 3.13. The van der Waals surface area contributed by atoms with E-state index in [9.17, 15) is 18.0 Å². The normalized spacial score (nSPS) is 11.5. The standard InChI is InChI=1S/C20H18ClF3N4O2S/c1-30-11-10-28-18(13-6-8-14(21)9-7-13)26-27-19(28)31-12-17(29)25-16-5-3-2-4-15(16)20(22,23)24/h2-9H,10-12H2,1H3,(H,25,29). The number of halogens is 4. The molecular weight excluding hydrogens is 453 g/mol. The first-order chi connectivity index (χ1) is 14.8. The molecule has 0 spiro atoms. The van der Waals surface area contributed by atoms with E-state index in [2.05, 4.69) is 15.5 Å². The van der Waals surface area contributed by atoms with Gasteiger partial charge in [0.1, 0.15) is 0 Å². The van der Waals surface area contributed by atoms with Crippen LogP contribution in [0.5, 0.6) is 0 Å². The first kappa shape index (κ1) is 23.1. The number of aromatic nitrogens is 3. The molecule has 3 rings (SSSR count). The summed E-state index contributed by atoms with van der Waals surface area (Å²) in [7, 11) is 1.56. The van der Waals surface area contributed by atoms with Gasteiger partial charge in [-0.3, -0.25) is 9.36 Å². The number of anilines is 1. The number of amides is 1. The van der Waals surface area contributed by atoms with Crippen molar-refractivity contribution in [1.29, 1.82) is 0 Å². The van der Waals surface area contributed by atoms with Crippen LogP contribution in [0.2, 0.25) is 5.02 Å². The molecule has 1 amide bonds. The molecule has 1 heterocycles. The number of thioether (sulfide) groups is 1. The lowest BCUT2D eigenvalue weighted by atomic mass is 10.1. The molecular formula is C20H18ClF3N4O2S. The number of para-hydroxylation sites is 1. The van der Waals surface area contributed by atoms with E-state index in [1.165, 1.54) is 18.2 Å². The van der Waals surface area contributed by atoms with E-state index in [0.717, 1.165) is 23.4 Å². The summed E-state index contributed by atoms with van der Waals surface area (Å²) >= 11 is 7.01. The summed E-state index contributed by atoms with van der Waals surface area (Å²) in [4.78, 5) is 12.3. The monoisotopic (exact) mass is 470 g/mol. The molecule has 0 aliphatic carbocycles. The molecule has 0 aliphatic rings. The van der Waals surface area contributed by atoms with Crippen LogP contribution in [-0.2, 0) is 22.3 Å². The number of benzene rings is 2. The van der Waals surface area contributed by atoms with Gasteiger partial charge in [-0.05, 0) is 36.4 Å². The van der Waals surface area contributed by atoms with Crippen molar-refractivity contribution in [2.24, 2.45) is 0 Å². The molecule has 0 atom stereocenters. The first-order valence-corrected chi connectivity index (χ1v) is 10.4. The molecule has 0 bridgehead atoms. The minimum atomic E-state index is -4.56. The number of alkyl halides is 3. The van der Waals surface area contributed by atoms with E-state index in [4.69, 9.17) is 16.3 Å². The lowest BCUT2D eigenvalue weighted by Crippen LogP contribution is -2.18. The molecule has 0 radical (unpaired) electrons. The number of rotatable bonds is 8. The SMILES string of the molecule is COCCn1c(SCC(=O)Nc2ccccc2C(F)(F)F)nnc1-c1ccc(Cl)cc1. The zero-order valence-corrected chi connectivity index (χ0v) is 17.9. The zero-order chi connectivity index (χ0) is 22.4. The van der Waals surface area contributed by atoms with E-state index in [0.29, 0.717) is 29.2 Å². The fraction of sp³-hybridized carbons (Fsp3) is 0.250. The van der Waals surface area contributed by atoms with Crippen molar-refractivity contribution in [3.05, 3.63) is 59.1 Å². The first-order valence-electron chi connectivity index (χ1n) is 9.06. The van der Waals surface area contributed by atoms with Gasteiger partial charge in [0.25, 0.3) is 0 Å². The van der Waals surface area contributed by atoms with Crippen molar-refractivity contribution in [1.82, 2.24) is 14.8 Å². The zero-order valence-electron chi connectivity index (χ0n) is 16.3. The number of hydrogen-bond acceptors (Lipinski definition) is 5. The molecule has 164 valence electrons. The van der Waals surface area contributed by atoms with Gasteiger partial charge in [-0.15, -0.1) is 10.2 Å². The van der Waals surface area contributed by atoms with Crippen LogP contribution in [0.3, 0.4) is 0 Å². The van der Waals surface area contributed by atoms with Gasteiger partial charge in [-0.2, -0.15) is 13.2 Å². The molecule has 2 aromatic carbocycles. The average molecular weight is 471 g/mol. The lowest BCUT2D eigenvalue weighted by molar-refractivity contribution is -0.137. The van der Waals surface area contributed by atoms with Crippen LogP contribution in [0.25, 0.3) is 11.4 Å². The maximum Gasteiger partial charge on any atom is 0.418 e. The highest BCUT2D eigenvalue weighted by Crippen LogP contribution is 2.34. The summed E-state index contributed by atoms with van der Waals surface area (Å²) in [5, 5.41) is 11.7. The van der Waals surface area contributed by atoms with Gasteiger partial charge >= 0.3 is 6.18 Å². The molecule has 1 N–H and O–H groups in total. The van der Waals surface area contributed by atoms with Gasteiger partial charge < -0.3 is 10.1 Å². The molecule has 3 aromatic rings. The predicted molar refractivity (Wildman–Crippen MR) is 113 cm³/mol. The van der Waals surface area contributed by atoms with Crippen molar-refractivity contribution in [3.63, 3.8) is 0 Å². The molecule has 0 aliphatic heterocycles. The van der Waals surface area contributed by atoms with Crippen LogP contribution >= 0.6 is 23.4 Å². The van der Waals surface area contributed by atoms with E-state index >= 15 is 0 Å². The highest BCUT2D eigenvalue weighted by atomic mass is 35.5. The molecule has 31 heavy (non-hydrogen) atoms. The fourth-order valence-corrected chi connectivity index (χ4v) is 3.64. The lowest BCUT2D eigenvalue weighted by Gasteiger charge is -2.13. The number of carbonyl (C=O) groups is 1. The topological polar surface area (TPSA) is 69.0 Å². The summed E-state index contributed by atoms with van der Waals surface area (Å²) in [5.41, 5.74) is -0.409. The third-order valence-electron chi connectivity index (χ3n) is 4.18. The van der Waals surface area contributed by atoms with Crippen LogP contribution in [0.15, 0.2) is 53.7 Å². The molecule has 1 aromatic heterocycles. The summed E-state index contributed by atoms with van der Waals surface area (Å²) in [6.07, 6.45) is -4.56. The largest absolute Gasteiger partial charge is 0.418 e. The maximum atomic E-state index is 13.1. The Kier molecular flexibility index (Phi) is 7.58. The fourth-order valence-electron chi connectivity index (χ4n) is 2.75. The number of nitrogens with one attached hydrogen (secondary N) is 1. The van der Waals surface area contributed by atoms with Crippen LogP contribution in [-0.4, -0.2) is 40.1 Å². The van der Waals surface area contributed by atoms with Gasteiger partial charge in [0, 0.05) is 17.7 Å². The van der Waals surface area contributed by atoms with Crippen LogP contribution in [0, 0.1) is 0 Å². The molecule has 11 heteroatoms. The summed E-state index contributed by atoms with van der Waals surface area (Å²) in [5.74, 6) is -0.159. The van der Waals surface area contributed by atoms with Crippen molar-refractivity contribution in [2.75, 3.05) is 24.8 Å². The number of ether oxygens (including phenoxy) is 1. The Morgan fingerprint density at radius 2 is 1.87 bits per heavy atom. The minimum Gasteiger partial charge on any atom is -0.383 e. The Morgan fingerprint density at radius 3 is 2.55 bits per heavy atom. The van der Waals surface area contributed by atoms with Crippen LogP contribution < -0.4 is 5.32 Å². The minimum absolute atomic E-state index is 0.141. The van der Waals surface area contributed by atoms with Gasteiger partial charge in [0.05, 0.1) is 30.2 Å². The van der Waals surface area contributed by atoms with E-state index in [-0.39, 0.29) is 11.4 Å². The van der Waals surface area contributed by atoms with Crippen molar-refractivity contribution < 1.29 is 22.7 Å². The van der Waals surface area contributed by atoms with Gasteiger partial charge in [0.15, 0.2) is 11.0 Å². The second kappa shape index (κ2) is 10.2. The number of hydrogen-bond donors (Lipinski definition) is 1. The predicted octanol–water partition coefficient (Wildman–Crippen LogP) is 4.99. The van der Waals surface area contributed by atoms with Crippen LogP contribution in [0.4, 0.5) is 18.9 Å². The van der Waals surface area contributed by atoms with Crippen molar-refractivity contribution in [2.45, 2.75) is 17.9 Å². The number of methoxy groups -OCH3 is 1. The highest BCUT2D eigenvalue weighted by Gasteiger charge is 2.33. The Bertz CT molecular complexity index is 1040. The molecule has 0 saturated carbocycles. The molecule has 6 nitrogen and oxygen atoms in total. The highest BCUT2D eigenvalue weighted by molar-refractivity contribution is 7.99. The summed E-state index contributed by atoms with van der Waals surface area (Å²) < 4.78 is 46.3. The summed E-state index contributed by atoms with van der Waals surface area (Å²) in [6.45, 7) is 0.819. The second-order valence-electron chi connectivity index (χ2n) is 6.34. The summed E-state index contributed by atoms with van der Waals surface area (Å²) in [6, 6.07) is 11.9. The number of carbonyl (C=O) groups excluding carboxylic acids is 1. The van der Waals surface area contributed by atoms with Crippen LogP contribution in [0.1, 0.15) is 5.56 Å². The Morgan fingerprint density at radius 1 is 1.16 bits per heavy atom. The van der Waals surface area contributed by atoms with E-state index in [1.54, 1.807) is 35.9 Å². The third-order valence-corrected chi connectivity index (χ3v) is 5.40. The van der Waals surface area contributed by atoms with E-state index in [1.807, 2.05) is 0 Å². The Labute approximate surface area is 185 Å². The van der Waals surface area contributed by atoms with Gasteiger partial charge in [0.2, 0.25) is 5.91 Å².